The summed E-state index contributed by atoms with van der Waals surface area (Å²) in [6.07, 6.45) is 3.62. The Morgan fingerprint density at radius 2 is 2.05 bits per heavy atom. The van der Waals surface area contributed by atoms with Gasteiger partial charge in [-0.1, -0.05) is 18.2 Å². The minimum atomic E-state index is -0.319. The summed E-state index contributed by atoms with van der Waals surface area (Å²) in [5.74, 6) is -0.366. The van der Waals surface area contributed by atoms with Crippen LogP contribution in [0.2, 0.25) is 0 Å². The van der Waals surface area contributed by atoms with Crippen molar-refractivity contribution < 1.29 is 9.18 Å². The van der Waals surface area contributed by atoms with Gasteiger partial charge in [0, 0.05) is 26.0 Å². The first kappa shape index (κ1) is 13.2. The lowest BCUT2D eigenvalue weighted by molar-refractivity contribution is -0.129. The van der Waals surface area contributed by atoms with Crippen molar-refractivity contribution in [2.24, 2.45) is 0 Å². The Balaban J connectivity index is 1.96. The quantitative estimate of drug-likeness (QED) is 0.843. The molecule has 1 aromatic carbocycles. The summed E-state index contributed by atoms with van der Waals surface area (Å²) >= 11 is 0. The number of pyridine rings is 1. The largest absolute Gasteiger partial charge is 0.341 e. The molecule has 3 nitrogen and oxygen atoms in total. The van der Waals surface area contributed by atoms with E-state index in [0.29, 0.717) is 12.1 Å². The van der Waals surface area contributed by atoms with Crippen LogP contribution in [0.3, 0.4) is 0 Å². The molecule has 0 atom stereocenters. The standard InChI is InChI=1S/C15H15FN2O/c1-18(11-13-5-3-7-17-10-13)15(19)9-12-4-2-6-14(16)8-12/h2-8,10H,9,11H2,1H3. The number of hydrogen-bond donors (Lipinski definition) is 0. The minimum Gasteiger partial charge on any atom is -0.341 e. The van der Waals surface area contributed by atoms with E-state index in [9.17, 15) is 9.18 Å². The zero-order chi connectivity index (χ0) is 13.7. The van der Waals surface area contributed by atoms with Gasteiger partial charge in [0.2, 0.25) is 5.91 Å². The average Bonchev–Trinajstić information content (AvgIpc) is 2.40. The molecule has 0 N–H and O–H groups in total. The van der Waals surface area contributed by atoms with Crippen molar-refractivity contribution in [2.45, 2.75) is 13.0 Å². The van der Waals surface area contributed by atoms with Crippen LogP contribution in [0.5, 0.6) is 0 Å². The zero-order valence-electron chi connectivity index (χ0n) is 10.7. The molecule has 2 aromatic rings. The van der Waals surface area contributed by atoms with Gasteiger partial charge in [-0.15, -0.1) is 0 Å². The molecule has 0 bridgehead atoms. The van der Waals surface area contributed by atoms with Gasteiger partial charge in [0.05, 0.1) is 6.42 Å². The summed E-state index contributed by atoms with van der Waals surface area (Å²) in [6.45, 7) is 0.502. The van der Waals surface area contributed by atoms with Gasteiger partial charge in [-0.05, 0) is 29.3 Å². The second kappa shape index (κ2) is 6.09. The van der Waals surface area contributed by atoms with E-state index in [2.05, 4.69) is 4.98 Å². The van der Waals surface area contributed by atoms with Crippen LogP contribution in [0.25, 0.3) is 0 Å². The molecule has 1 amide bonds. The summed E-state index contributed by atoms with van der Waals surface area (Å²) < 4.78 is 13.0. The van der Waals surface area contributed by atoms with Crippen LogP contribution in [0.15, 0.2) is 48.8 Å². The number of amides is 1. The van der Waals surface area contributed by atoms with Gasteiger partial charge in [-0.25, -0.2) is 4.39 Å². The Labute approximate surface area is 111 Å². The highest BCUT2D eigenvalue weighted by molar-refractivity contribution is 5.78. The number of likely N-dealkylation sites (N-methyl/N-ethyl adjacent to an activating group) is 1. The van der Waals surface area contributed by atoms with Gasteiger partial charge in [0.15, 0.2) is 0 Å². The van der Waals surface area contributed by atoms with E-state index in [0.717, 1.165) is 5.56 Å². The highest BCUT2D eigenvalue weighted by atomic mass is 19.1. The van der Waals surface area contributed by atoms with Crippen LogP contribution in [0.4, 0.5) is 4.39 Å². The first-order valence-corrected chi connectivity index (χ1v) is 6.02. The summed E-state index contributed by atoms with van der Waals surface area (Å²) in [5, 5.41) is 0. The third kappa shape index (κ3) is 3.88. The van der Waals surface area contributed by atoms with E-state index >= 15 is 0 Å². The fourth-order valence-corrected chi connectivity index (χ4v) is 1.81. The predicted octanol–water partition coefficient (Wildman–Crippen LogP) is 2.42. The van der Waals surface area contributed by atoms with E-state index in [4.69, 9.17) is 0 Å². The molecular weight excluding hydrogens is 243 g/mol. The lowest BCUT2D eigenvalue weighted by Gasteiger charge is -2.17. The van der Waals surface area contributed by atoms with E-state index in [1.807, 2.05) is 12.1 Å². The van der Waals surface area contributed by atoms with Crippen LogP contribution in [-0.4, -0.2) is 22.8 Å². The lowest BCUT2D eigenvalue weighted by Crippen LogP contribution is -2.27. The number of carbonyl (C=O) groups is 1. The van der Waals surface area contributed by atoms with Crippen LogP contribution < -0.4 is 0 Å². The van der Waals surface area contributed by atoms with E-state index in [1.165, 1.54) is 12.1 Å². The average molecular weight is 258 g/mol. The van der Waals surface area contributed by atoms with Crippen molar-refractivity contribution in [3.63, 3.8) is 0 Å². The molecule has 0 radical (unpaired) electrons. The normalized spacial score (nSPS) is 10.2. The first-order valence-electron chi connectivity index (χ1n) is 6.02. The lowest BCUT2D eigenvalue weighted by atomic mass is 10.1. The summed E-state index contributed by atoms with van der Waals surface area (Å²) in [4.78, 5) is 17.6. The van der Waals surface area contributed by atoms with Crippen molar-refractivity contribution in [1.82, 2.24) is 9.88 Å². The SMILES string of the molecule is CN(Cc1cccnc1)C(=O)Cc1cccc(F)c1. The molecule has 0 aliphatic rings. The molecule has 98 valence electrons. The third-order valence-corrected chi connectivity index (χ3v) is 2.81. The Morgan fingerprint density at radius 3 is 2.74 bits per heavy atom. The van der Waals surface area contributed by atoms with E-state index < -0.39 is 0 Å². The highest BCUT2D eigenvalue weighted by Crippen LogP contribution is 2.07. The van der Waals surface area contributed by atoms with Gasteiger partial charge >= 0.3 is 0 Å². The predicted molar refractivity (Wildman–Crippen MR) is 70.8 cm³/mol. The number of carbonyl (C=O) groups excluding carboxylic acids is 1. The number of benzene rings is 1. The zero-order valence-corrected chi connectivity index (χ0v) is 10.7. The molecule has 0 aliphatic carbocycles. The maximum atomic E-state index is 13.0. The number of rotatable bonds is 4. The summed E-state index contributed by atoms with van der Waals surface area (Å²) in [6, 6.07) is 9.86. The van der Waals surface area contributed by atoms with E-state index in [1.54, 1.807) is 36.5 Å². The monoisotopic (exact) mass is 258 g/mol. The number of hydrogen-bond acceptors (Lipinski definition) is 2. The molecule has 0 saturated carbocycles. The van der Waals surface area contributed by atoms with Gasteiger partial charge in [0.25, 0.3) is 0 Å². The molecule has 1 heterocycles. The number of halogens is 1. The smallest absolute Gasteiger partial charge is 0.227 e. The topological polar surface area (TPSA) is 33.2 Å². The molecule has 19 heavy (non-hydrogen) atoms. The molecular formula is C15H15FN2O. The fourth-order valence-electron chi connectivity index (χ4n) is 1.81. The molecule has 0 unspecified atom stereocenters. The maximum Gasteiger partial charge on any atom is 0.227 e. The molecule has 0 spiro atoms. The van der Waals surface area contributed by atoms with Gasteiger partial charge in [-0.2, -0.15) is 0 Å². The van der Waals surface area contributed by atoms with Crippen LogP contribution in [-0.2, 0) is 17.8 Å². The Kier molecular flexibility index (Phi) is 4.23. The van der Waals surface area contributed by atoms with E-state index in [-0.39, 0.29) is 18.1 Å². The Morgan fingerprint density at radius 1 is 1.26 bits per heavy atom. The van der Waals surface area contributed by atoms with Crippen LogP contribution in [0, 0.1) is 5.82 Å². The number of aromatic nitrogens is 1. The minimum absolute atomic E-state index is 0.0468. The highest BCUT2D eigenvalue weighted by Gasteiger charge is 2.10. The van der Waals surface area contributed by atoms with Gasteiger partial charge < -0.3 is 4.90 Å². The first-order chi connectivity index (χ1) is 9.15. The third-order valence-electron chi connectivity index (χ3n) is 2.81. The molecule has 2 rings (SSSR count). The maximum absolute atomic E-state index is 13.0. The van der Waals surface area contributed by atoms with Crippen molar-refractivity contribution in [2.75, 3.05) is 7.05 Å². The van der Waals surface area contributed by atoms with Gasteiger partial charge in [-0.3, -0.25) is 9.78 Å². The summed E-state index contributed by atoms with van der Waals surface area (Å²) in [5.41, 5.74) is 1.65. The Bertz CT molecular complexity index is 557. The molecule has 0 aliphatic heterocycles. The Hall–Kier alpha value is -2.23. The van der Waals surface area contributed by atoms with Crippen molar-refractivity contribution in [3.05, 3.63) is 65.7 Å². The number of nitrogens with zero attached hydrogens (tertiary/aromatic N) is 2. The summed E-state index contributed by atoms with van der Waals surface area (Å²) in [7, 11) is 1.73. The second-order valence-electron chi connectivity index (χ2n) is 4.42. The molecule has 0 fully saturated rings. The molecule has 4 heteroatoms. The fraction of sp³-hybridized carbons (Fsp3) is 0.200. The molecule has 1 aromatic heterocycles. The van der Waals surface area contributed by atoms with Crippen molar-refractivity contribution in [1.29, 1.82) is 0 Å². The molecule has 0 saturated heterocycles. The second-order valence-corrected chi connectivity index (χ2v) is 4.42. The van der Waals surface area contributed by atoms with Crippen molar-refractivity contribution in [3.8, 4) is 0 Å². The van der Waals surface area contributed by atoms with Crippen molar-refractivity contribution >= 4 is 5.91 Å². The van der Waals surface area contributed by atoms with Gasteiger partial charge in [0.1, 0.15) is 5.82 Å². The van der Waals surface area contributed by atoms with Crippen LogP contribution in [0.1, 0.15) is 11.1 Å². The van der Waals surface area contributed by atoms with Crippen LogP contribution >= 0.6 is 0 Å².